The molecule has 1 aromatic heterocycles. The Balaban J connectivity index is 2.72. The second kappa shape index (κ2) is 3.25. The van der Waals surface area contributed by atoms with E-state index in [1.165, 1.54) is 0 Å². The molecule has 14 heavy (non-hydrogen) atoms. The predicted octanol–water partition coefficient (Wildman–Crippen LogP) is 2.18. The average molecular weight is 188 g/mol. The lowest BCUT2D eigenvalue weighted by Crippen LogP contribution is -1.97. The van der Waals surface area contributed by atoms with Crippen molar-refractivity contribution < 1.29 is 4.79 Å². The molecular weight excluding hydrogens is 176 g/mol. The first-order chi connectivity index (χ1) is 6.76. The smallest absolute Gasteiger partial charge is 0.150 e. The van der Waals surface area contributed by atoms with Crippen LogP contribution >= 0.6 is 0 Å². The summed E-state index contributed by atoms with van der Waals surface area (Å²) >= 11 is 0. The normalized spacial score (nSPS) is 10.7. The van der Waals surface area contributed by atoms with Crippen LogP contribution in [0.4, 0.5) is 0 Å². The molecule has 0 saturated heterocycles. The lowest BCUT2D eigenvalue weighted by Gasteiger charge is -1.96. The van der Waals surface area contributed by atoms with Gasteiger partial charge in [-0.1, -0.05) is 12.1 Å². The number of aldehydes is 1. The molecule has 0 radical (unpaired) electrons. The van der Waals surface area contributed by atoms with Crippen molar-refractivity contribution in [2.45, 2.75) is 20.4 Å². The van der Waals surface area contributed by atoms with Crippen LogP contribution in [0.5, 0.6) is 0 Å². The summed E-state index contributed by atoms with van der Waals surface area (Å²) < 4.78 is 1.94. The van der Waals surface area contributed by atoms with Gasteiger partial charge >= 0.3 is 0 Å². The lowest BCUT2D eigenvalue weighted by atomic mass is 10.1. The van der Waals surface area contributed by atoms with Crippen molar-refractivity contribution in [1.82, 2.24) is 9.78 Å². The van der Waals surface area contributed by atoms with Crippen molar-refractivity contribution >= 4 is 17.2 Å². The first-order valence-electron chi connectivity index (χ1n) is 4.68. The zero-order valence-electron chi connectivity index (χ0n) is 8.32. The van der Waals surface area contributed by atoms with Crippen LogP contribution in [0.25, 0.3) is 10.9 Å². The highest BCUT2D eigenvalue weighted by Gasteiger charge is 2.05. The second-order valence-corrected chi connectivity index (χ2v) is 3.30. The molecule has 0 aliphatic carbocycles. The molecule has 3 heteroatoms. The Morgan fingerprint density at radius 1 is 1.50 bits per heavy atom. The lowest BCUT2D eigenvalue weighted by molar-refractivity contribution is 0.112. The fourth-order valence-corrected chi connectivity index (χ4v) is 1.66. The van der Waals surface area contributed by atoms with Gasteiger partial charge < -0.3 is 0 Å². The Morgan fingerprint density at radius 2 is 2.29 bits per heavy atom. The molecule has 0 aliphatic heterocycles. The molecule has 0 fully saturated rings. The minimum Gasteiger partial charge on any atom is -0.298 e. The highest BCUT2D eigenvalue weighted by molar-refractivity contribution is 5.87. The van der Waals surface area contributed by atoms with E-state index in [2.05, 4.69) is 12.0 Å². The number of carbonyl (C=O) groups excluding carboxylic acids is 1. The van der Waals surface area contributed by atoms with Crippen molar-refractivity contribution in [3.05, 3.63) is 29.5 Å². The number of nitrogens with zero attached hydrogens (tertiary/aromatic N) is 2. The Kier molecular flexibility index (Phi) is 2.08. The molecule has 3 nitrogen and oxygen atoms in total. The molecule has 0 atom stereocenters. The Bertz CT molecular complexity index is 485. The third-order valence-corrected chi connectivity index (χ3v) is 2.46. The first-order valence-corrected chi connectivity index (χ1v) is 4.68. The van der Waals surface area contributed by atoms with E-state index in [-0.39, 0.29) is 0 Å². The summed E-state index contributed by atoms with van der Waals surface area (Å²) in [5, 5.41) is 5.52. The van der Waals surface area contributed by atoms with E-state index < -0.39 is 0 Å². The van der Waals surface area contributed by atoms with Crippen LogP contribution in [0.1, 0.15) is 23.0 Å². The number of hydrogen-bond acceptors (Lipinski definition) is 2. The number of benzene rings is 1. The second-order valence-electron chi connectivity index (χ2n) is 3.30. The van der Waals surface area contributed by atoms with Crippen molar-refractivity contribution in [3.8, 4) is 0 Å². The number of fused-ring (bicyclic) bond motifs is 1. The predicted molar refractivity (Wildman–Crippen MR) is 55.5 cm³/mol. The molecule has 0 bridgehead atoms. The van der Waals surface area contributed by atoms with Crippen LogP contribution in [0, 0.1) is 6.92 Å². The summed E-state index contributed by atoms with van der Waals surface area (Å²) in [6.07, 6.45) is 0.847. The standard InChI is InChI=1S/C11H12N2O/c1-3-13-8(2)10-5-4-9(7-14)6-11(10)12-13/h4-7H,3H2,1-2H3. The fraction of sp³-hybridized carbons (Fsp3) is 0.273. The topological polar surface area (TPSA) is 34.9 Å². The van der Waals surface area contributed by atoms with Gasteiger partial charge in [0.25, 0.3) is 0 Å². The highest BCUT2D eigenvalue weighted by Crippen LogP contribution is 2.18. The van der Waals surface area contributed by atoms with Gasteiger partial charge in [-0.05, 0) is 19.9 Å². The third kappa shape index (κ3) is 1.21. The van der Waals surface area contributed by atoms with Gasteiger partial charge in [-0.25, -0.2) is 0 Å². The minimum atomic E-state index is 0.679. The molecule has 0 unspecified atom stereocenters. The Labute approximate surface area is 82.3 Å². The van der Waals surface area contributed by atoms with Crippen LogP contribution in [-0.2, 0) is 6.54 Å². The van der Waals surface area contributed by atoms with Crippen LogP contribution < -0.4 is 0 Å². The van der Waals surface area contributed by atoms with Gasteiger partial charge in [-0.3, -0.25) is 9.48 Å². The van der Waals surface area contributed by atoms with Crippen LogP contribution in [0.3, 0.4) is 0 Å². The van der Waals surface area contributed by atoms with Gasteiger partial charge in [-0.15, -0.1) is 0 Å². The van der Waals surface area contributed by atoms with Crippen LogP contribution in [0.15, 0.2) is 18.2 Å². The third-order valence-electron chi connectivity index (χ3n) is 2.46. The van der Waals surface area contributed by atoms with Gasteiger partial charge in [0.1, 0.15) is 6.29 Å². The number of aromatic nitrogens is 2. The molecule has 1 heterocycles. The summed E-state index contributed by atoms with van der Waals surface area (Å²) in [4.78, 5) is 10.6. The summed E-state index contributed by atoms with van der Waals surface area (Å²) in [5.74, 6) is 0. The van der Waals surface area contributed by atoms with Gasteiger partial charge in [0.05, 0.1) is 5.52 Å². The van der Waals surface area contributed by atoms with Gasteiger partial charge in [0.15, 0.2) is 0 Å². The number of rotatable bonds is 2. The zero-order chi connectivity index (χ0) is 10.1. The highest BCUT2D eigenvalue weighted by atomic mass is 16.1. The molecule has 72 valence electrons. The van der Waals surface area contributed by atoms with Gasteiger partial charge in [0.2, 0.25) is 0 Å². The first kappa shape index (κ1) is 8.94. The van der Waals surface area contributed by atoms with Crippen molar-refractivity contribution in [3.63, 3.8) is 0 Å². The molecule has 1 aromatic carbocycles. The summed E-state index contributed by atoms with van der Waals surface area (Å²) in [6, 6.07) is 5.60. The summed E-state index contributed by atoms with van der Waals surface area (Å²) in [7, 11) is 0. The van der Waals surface area contributed by atoms with Gasteiger partial charge in [-0.2, -0.15) is 5.10 Å². The van der Waals surface area contributed by atoms with E-state index in [1.807, 2.05) is 29.8 Å². The Hall–Kier alpha value is -1.64. The van der Waals surface area contributed by atoms with E-state index in [4.69, 9.17) is 0 Å². The molecule has 2 rings (SSSR count). The van der Waals surface area contributed by atoms with E-state index in [0.29, 0.717) is 5.56 Å². The average Bonchev–Trinajstić information content (AvgIpc) is 2.55. The van der Waals surface area contributed by atoms with Crippen LogP contribution in [0.2, 0.25) is 0 Å². The largest absolute Gasteiger partial charge is 0.298 e. The molecule has 0 N–H and O–H groups in total. The van der Waals surface area contributed by atoms with Crippen molar-refractivity contribution in [2.75, 3.05) is 0 Å². The van der Waals surface area contributed by atoms with E-state index in [9.17, 15) is 4.79 Å². The summed E-state index contributed by atoms with van der Waals surface area (Å²) in [5.41, 5.74) is 2.73. The summed E-state index contributed by atoms with van der Waals surface area (Å²) in [6.45, 7) is 4.95. The van der Waals surface area contributed by atoms with E-state index >= 15 is 0 Å². The van der Waals surface area contributed by atoms with Crippen molar-refractivity contribution in [1.29, 1.82) is 0 Å². The SMILES string of the molecule is CCn1nc2cc(C=O)ccc2c1C. The fourth-order valence-electron chi connectivity index (χ4n) is 1.66. The molecular formula is C11H12N2O. The zero-order valence-corrected chi connectivity index (χ0v) is 8.32. The number of aryl methyl sites for hydroxylation is 2. The number of hydrogen-bond donors (Lipinski definition) is 0. The maximum Gasteiger partial charge on any atom is 0.150 e. The van der Waals surface area contributed by atoms with E-state index in [0.717, 1.165) is 29.4 Å². The Morgan fingerprint density at radius 3 is 2.93 bits per heavy atom. The van der Waals surface area contributed by atoms with Crippen molar-refractivity contribution in [2.24, 2.45) is 0 Å². The quantitative estimate of drug-likeness (QED) is 0.677. The molecule has 0 aliphatic rings. The number of carbonyl (C=O) groups is 1. The molecule has 0 amide bonds. The molecule has 2 aromatic rings. The van der Waals surface area contributed by atoms with E-state index in [1.54, 1.807) is 0 Å². The monoisotopic (exact) mass is 188 g/mol. The maximum absolute atomic E-state index is 10.6. The minimum absolute atomic E-state index is 0.679. The maximum atomic E-state index is 10.6. The van der Waals surface area contributed by atoms with Crippen LogP contribution in [-0.4, -0.2) is 16.1 Å². The van der Waals surface area contributed by atoms with Gasteiger partial charge in [0, 0.05) is 23.2 Å². The molecule has 0 saturated carbocycles. The molecule has 0 spiro atoms.